The molecular weight excluding hydrogens is 434 g/mol. The number of aromatic amines is 1. The molecule has 0 spiro atoms. The van der Waals surface area contributed by atoms with E-state index < -0.39 is 0 Å². The number of hydrogen-bond acceptors (Lipinski definition) is 5. The quantitative estimate of drug-likeness (QED) is 0.337. The smallest absolute Gasteiger partial charge is 0.203 e. The van der Waals surface area contributed by atoms with E-state index in [0.29, 0.717) is 22.3 Å². The van der Waals surface area contributed by atoms with Gasteiger partial charge in [0, 0.05) is 25.7 Å². The summed E-state index contributed by atoms with van der Waals surface area (Å²) < 4.78 is 22.0. The van der Waals surface area contributed by atoms with Gasteiger partial charge in [0.25, 0.3) is 0 Å². The van der Waals surface area contributed by atoms with E-state index >= 15 is 0 Å². The van der Waals surface area contributed by atoms with Crippen LogP contribution in [0.15, 0.2) is 64.4 Å². The van der Waals surface area contributed by atoms with Crippen LogP contribution in [-0.2, 0) is 0 Å². The summed E-state index contributed by atoms with van der Waals surface area (Å²) in [4.78, 5) is 5.56. The maximum Gasteiger partial charge on any atom is 0.203 e. The molecule has 4 aromatic rings. The Labute approximate surface area is 190 Å². The summed E-state index contributed by atoms with van der Waals surface area (Å²) in [7, 11) is 6.49. The van der Waals surface area contributed by atoms with Crippen LogP contribution in [-0.4, -0.2) is 33.4 Å². The largest absolute Gasteiger partial charge is 0.497 e. The lowest BCUT2D eigenvalue weighted by molar-refractivity contribution is 0.323. The monoisotopic (exact) mass is 455 g/mol. The Kier molecular flexibility index (Phi) is 6.20. The average Bonchev–Trinajstić information content (AvgIpc) is 3.16. The van der Waals surface area contributed by atoms with Crippen molar-refractivity contribution in [2.45, 2.75) is 9.79 Å². The summed E-state index contributed by atoms with van der Waals surface area (Å²) in [6, 6.07) is 17.7. The van der Waals surface area contributed by atoms with E-state index in [1.807, 2.05) is 54.6 Å². The van der Waals surface area contributed by atoms with Gasteiger partial charge in [0.1, 0.15) is 5.75 Å². The van der Waals surface area contributed by atoms with Gasteiger partial charge in [-0.1, -0.05) is 35.5 Å². The molecular formula is C24H22ClNO4S. The van der Waals surface area contributed by atoms with Crippen LogP contribution in [0.25, 0.3) is 22.2 Å². The van der Waals surface area contributed by atoms with Gasteiger partial charge in [-0.3, -0.25) is 0 Å². The molecule has 5 nitrogen and oxygen atoms in total. The summed E-state index contributed by atoms with van der Waals surface area (Å²) in [6.45, 7) is 0. The molecule has 0 saturated heterocycles. The first kappa shape index (κ1) is 21.3. The number of nitrogens with one attached hydrogen (secondary N) is 1. The average molecular weight is 456 g/mol. The van der Waals surface area contributed by atoms with Crippen LogP contribution in [0.1, 0.15) is 0 Å². The number of fused-ring (bicyclic) bond motifs is 1. The number of rotatable bonds is 7. The number of ether oxygens (including phenoxy) is 4. The van der Waals surface area contributed by atoms with E-state index in [9.17, 15) is 0 Å². The Morgan fingerprint density at radius 2 is 1.45 bits per heavy atom. The normalized spacial score (nSPS) is 10.9. The lowest BCUT2D eigenvalue weighted by Gasteiger charge is -2.14. The van der Waals surface area contributed by atoms with E-state index in [1.54, 1.807) is 40.2 Å². The molecule has 0 unspecified atom stereocenters. The molecule has 1 heterocycles. The third-order valence-corrected chi connectivity index (χ3v) is 6.30. The molecule has 160 valence electrons. The Morgan fingerprint density at radius 3 is 2.03 bits per heavy atom. The lowest BCUT2D eigenvalue weighted by Crippen LogP contribution is -1.95. The second kappa shape index (κ2) is 9.04. The van der Waals surface area contributed by atoms with Crippen molar-refractivity contribution in [3.05, 3.63) is 59.6 Å². The molecule has 0 aliphatic rings. The molecule has 0 aliphatic heterocycles. The molecule has 0 aliphatic carbocycles. The molecule has 4 rings (SSSR count). The van der Waals surface area contributed by atoms with Crippen LogP contribution in [0.4, 0.5) is 0 Å². The van der Waals surface area contributed by atoms with E-state index in [4.69, 9.17) is 30.5 Å². The van der Waals surface area contributed by atoms with E-state index in [-0.39, 0.29) is 0 Å². The Bertz CT molecular complexity index is 1200. The highest BCUT2D eigenvalue weighted by Crippen LogP contribution is 2.47. The third kappa shape index (κ3) is 4.13. The van der Waals surface area contributed by atoms with Gasteiger partial charge in [-0.25, -0.2) is 0 Å². The number of halogens is 1. The molecule has 1 N–H and O–H groups in total. The van der Waals surface area contributed by atoms with Crippen LogP contribution >= 0.6 is 23.4 Å². The fraction of sp³-hybridized carbons (Fsp3) is 0.167. The molecule has 1 aromatic heterocycles. The summed E-state index contributed by atoms with van der Waals surface area (Å²) in [5.41, 5.74) is 3.05. The van der Waals surface area contributed by atoms with Crippen molar-refractivity contribution in [2.24, 2.45) is 0 Å². The van der Waals surface area contributed by atoms with E-state index in [2.05, 4.69) is 4.98 Å². The van der Waals surface area contributed by atoms with Crippen molar-refractivity contribution < 1.29 is 18.9 Å². The van der Waals surface area contributed by atoms with Crippen LogP contribution in [0.3, 0.4) is 0 Å². The molecule has 0 bridgehead atoms. The zero-order valence-corrected chi connectivity index (χ0v) is 19.2. The van der Waals surface area contributed by atoms with Gasteiger partial charge in [0.15, 0.2) is 11.5 Å². The number of aromatic nitrogens is 1. The summed E-state index contributed by atoms with van der Waals surface area (Å²) >= 11 is 7.72. The predicted molar refractivity (Wildman–Crippen MR) is 126 cm³/mol. The highest BCUT2D eigenvalue weighted by Gasteiger charge is 2.19. The van der Waals surface area contributed by atoms with Gasteiger partial charge >= 0.3 is 0 Å². The Morgan fingerprint density at radius 1 is 0.774 bits per heavy atom. The topological polar surface area (TPSA) is 52.7 Å². The van der Waals surface area contributed by atoms with Crippen LogP contribution in [0, 0.1) is 0 Å². The zero-order valence-electron chi connectivity index (χ0n) is 17.6. The Balaban J connectivity index is 1.89. The van der Waals surface area contributed by atoms with Crippen molar-refractivity contribution in [2.75, 3.05) is 28.4 Å². The van der Waals surface area contributed by atoms with Gasteiger partial charge in [-0.15, -0.1) is 0 Å². The van der Waals surface area contributed by atoms with Gasteiger partial charge in [-0.05, 0) is 48.0 Å². The molecule has 0 atom stereocenters. The first-order valence-corrected chi connectivity index (χ1v) is 10.7. The van der Waals surface area contributed by atoms with Crippen molar-refractivity contribution in [1.29, 1.82) is 0 Å². The molecule has 0 radical (unpaired) electrons. The summed E-state index contributed by atoms with van der Waals surface area (Å²) in [5.74, 6) is 2.57. The first-order valence-electron chi connectivity index (χ1n) is 9.51. The van der Waals surface area contributed by atoms with E-state index in [0.717, 1.165) is 37.7 Å². The number of methoxy groups -OCH3 is 4. The van der Waals surface area contributed by atoms with Gasteiger partial charge in [0.05, 0.1) is 34.1 Å². The van der Waals surface area contributed by atoms with Crippen LogP contribution in [0.5, 0.6) is 23.0 Å². The summed E-state index contributed by atoms with van der Waals surface area (Å²) in [5, 5.41) is 1.75. The Hall–Kier alpha value is -2.96. The zero-order chi connectivity index (χ0) is 22.0. The standard InChI is InChI=1S/C24H22ClNO4S/c1-27-16-9-10-19-18(11-16)24(22(26-19)14-5-7-15(25)8-6-14)31-17-12-20(28-2)23(30-4)21(13-17)29-3/h5-13,26H,1-4H3. The van der Waals surface area contributed by atoms with Gasteiger partial charge in [0.2, 0.25) is 5.75 Å². The predicted octanol–water partition coefficient (Wildman–Crippen LogP) is 6.67. The van der Waals surface area contributed by atoms with Crippen molar-refractivity contribution in [3.63, 3.8) is 0 Å². The maximum atomic E-state index is 6.11. The SMILES string of the molecule is COc1ccc2[nH]c(-c3ccc(Cl)cc3)c(Sc3cc(OC)c(OC)c(OC)c3)c2c1. The number of benzene rings is 3. The number of hydrogen-bond donors (Lipinski definition) is 1. The molecule has 3 aromatic carbocycles. The van der Waals surface area contributed by atoms with Crippen molar-refractivity contribution >= 4 is 34.3 Å². The second-order valence-corrected chi connectivity index (χ2v) is 8.23. The number of H-pyrrole nitrogens is 1. The van der Waals surface area contributed by atoms with Crippen molar-refractivity contribution in [1.82, 2.24) is 4.98 Å². The minimum atomic E-state index is 0.563. The molecule has 0 amide bonds. The third-order valence-electron chi connectivity index (χ3n) is 4.95. The highest BCUT2D eigenvalue weighted by atomic mass is 35.5. The van der Waals surface area contributed by atoms with E-state index in [1.165, 1.54) is 0 Å². The summed E-state index contributed by atoms with van der Waals surface area (Å²) in [6.07, 6.45) is 0. The fourth-order valence-corrected chi connectivity index (χ4v) is 4.68. The molecule has 0 saturated carbocycles. The molecule has 0 fully saturated rings. The van der Waals surface area contributed by atoms with Crippen molar-refractivity contribution in [3.8, 4) is 34.3 Å². The minimum absolute atomic E-state index is 0.563. The second-order valence-electron chi connectivity index (χ2n) is 6.71. The highest BCUT2D eigenvalue weighted by molar-refractivity contribution is 7.99. The maximum absolute atomic E-state index is 6.11. The van der Waals surface area contributed by atoms with Gasteiger partial charge < -0.3 is 23.9 Å². The van der Waals surface area contributed by atoms with Crippen LogP contribution in [0.2, 0.25) is 5.02 Å². The minimum Gasteiger partial charge on any atom is -0.497 e. The first-order chi connectivity index (χ1) is 15.1. The van der Waals surface area contributed by atoms with Gasteiger partial charge in [-0.2, -0.15) is 0 Å². The molecule has 7 heteroatoms. The lowest BCUT2D eigenvalue weighted by atomic mass is 10.1. The molecule has 31 heavy (non-hydrogen) atoms. The fourth-order valence-electron chi connectivity index (χ4n) is 3.43. The van der Waals surface area contributed by atoms with Crippen LogP contribution < -0.4 is 18.9 Å².